The van der Waals surface area contributed by atoms with E-state index >= 15 is 0 Å². The third-order valence-corrected chi connectivity index (χ3v) is 4.07. The number of anilines is 1. The summed E-state index contributed by atoms with van der Waals surface area (Å²) in [6.45, 7) is 2.97. The summed E-state index contributed by atoms with van der Waals surface area (Å²) in [5, 5.41) is 2.98. The van der Waals surface area contributed by atoms with Gasteiger partial charge in [-0.2, -0.15) is 0 Å². The Balaban J connectivity index is 1.63. The van der Waals surface area contributed by atoms with E-state index in [0.29, 0.717) is 12.4 Å². The van der Waals surface area contributed by atoms with Crippen molar-refractivity contribution in [2.45, 2.75) is 39.2 Å². The fraction of sp³-hybridized carbons (Fsp3) is 0.300. The highest BCUT2D eigenvalue weighted by Crippen LogP contribution is 2.20. The van der Waals surface area contributed by atoms with Crippen LogP contribution in [-0.4, -0.2) is 15.5 Å². The van der Waals surface area contributed by atoms with Crippen LogP contribution in [0.5, 0.6) is 0 Å². The maximum Gasteiger partial charge on any atom is 0.226 e. The monoisotopic (exact) mass is 321 g/mol. The van der Waals surface area contributed by atoms with Crippen LogP contribution in [0.4, 0.5) is 5.95 Å². The normalized spacial score (nSPS) is 10.9. The standard InChI is InChI=1S/C20H23N3O/c1-2-15-23-18-13-7-6-12-17(18)21-20(23)22-19(24)14-8-11-16-9-4-3-5-10-16/h3-7,9-10,12-13H,2,8,11,14-15H2,1H3,(H,21,22,24). The smallest absolute Gasteiger partial charge is 0.226 e. The number of imidazole rings is 1. The van der Waals surface area contributed by atoms with Gasteiger partial charge in [0.25, 0.3) is 0 Å². The molecule has 1 N–H and O–H groups in total. The van der Waals surface area contributed by atoms with E-state index < -0.39 is 0 Å². The lowest BCUT2D eigenvalue weighted by Crippen LogP contribution is -2.15. The van der Waals surface area contributed by atoms with E-state index in [-0.39, 0.29) is 5.91 Å². The van der Waals surface area contributed by atoms with Crippen molar-refractivity contribution >= 4 is 22.9 Å². The first-order valence-corrected chi connectivity index (χ1v) is 8.57. The molecule has 0 aliphatic heterocycles. The van der Waals surface area contributed by atoms with Gasteiger partial charge in [-0.25, -0.2) is 4.98 Å². The van der Waals surface area contributed by atoms with Crippen LogP contribution in [0.15, 0.2) is 54.6 Å². The molecule has 0 bridgehead atoms. The highest BCUT2D eigenvalue weighted by Gasteiger charge is 2.12. The zero-order chi connectivity index (χ0) is 16.8. The average molecular weight is 321 g/mol. The molecule has 0 unspecified atom stereocenters. The quantitative estimate of drug-likeness (QED) is 0.701. The Morgan fingerprint density at radius 1 is 1.08 bits per heavy atom. The van der Waals surface area contributed by atoms with Gasteiger partial charge in [-0.15, -0.1) is 0 Å². The SMILES string of the molecule is CCCn1c(NC(=O)CCCc2ccccc2)nc2ccccc21. The third kappa shape index (κ3) is 3.82. The van der Waals surface area contributed by atoms with Crippen LogP contribution in [0.1, 0.15) is 31.7 Å². The zero-order valence-electron chi connectivity index (χ0n) is 14.0. The van der Waals surface area contributed by atoms with E-state index in [1.807, 2.05) is 42.5 Å². The molecule has 0 radical (unpaired) electrons. The molecule has 0 saturated carbocycles. The number of rotatable bonds is 7. The van der Waals surface area contributed by atoms with Gasteiger partial charge < -0.3 is 4.57 Å². The molecule has 24 heavy (non-hydrogen) atoms. The second-order valence-electron chi connectivity index (χ2n) is 5.96. The van der Waals surface area contributed by atoms with Gasteiger partial charge in [0.2, 0.25) is 11.9 Å². The number of carbonyl (C=O) groups is 1. The van der Waals surface area contributed by atoms with Crippen LogP contribution in [0.2, 0.25) is 0 Å². The number of aromatic nitrogens is 2. The Bertz CT molecular complexity index is 808. The molecule has 124 valence electrons. The van der Waals surface area contributed by atoms with Gasteiger partial charge in [0, 0.05) is 13.0 Å². The second-order valence-corrected chi connectivity index (χ2v) is 5.96. The van der Waals surface area contributed by atoms with Gasteiger partial charge in [-0.3, -0.25) is 10.1 Å². The number of hydrogen-bond donors (Lipinski definition) is 1. The van der Waals surface area contributed by atoms with E-state index in [2.05, 4.69) is 33.9 Å². The molecular weight excluding hydrogens is 298 g/mol. The molecule has 1 amide bonds. The molecule has 0 saturated heterocycles. The number of amides is 1. The summed E-state index contributed by atoms with van der Waals surface area (Å²) >= 11 is 0. The Labute approximate surface area is 142 Å². The second kappa shape index (κ2) is 7.77. The van der Waals surface area contributed by atoms with Gasteiger partial charge in [-0.05, 0) is 37.0 Å². The molecule has 4 heteroatoms. The van der Waals surface area contributed by atoms with Gasteiger partial charge in [-0.1, -0.05) is 49.4 Å². The van der Waals surface area contributed by atoms with Gasteiger partial charge >= 0.3 is 0 Å². The summed E-state index contributed by atoms with van der Waals surface area (Å²) < 4.78 is 2.09. The maximum atomic E-state index is 12.3. The van der Waals surface area contributed by atoms with Crippen molar-refractivity contribution in [1.29, 1.82) is 0 Å². The van der Waals surface area contributed by atoms with Crippen molar-refractivity contribution < 1.29 is 4.79 Å². The van der Waals surface area contributed by atoms with Crippen molar-refractivity contribution in [2.75, 3.05) is 5.32 Å². The summed E-state index contributed by atoms with van der Waals surface area (Å²) in [4.78, 5) is 16.8. The molecule has 4 nitrogen and oxygen atoms in total. The minimum Gasteiger partial charge on any atom is -0.310 e. The lowest BCUT2D eigenvalue weighted by atomic mass is 10.1. The fourth-order valence-corrected chi connectivity index (χ4v) is 2.91. The highest BCUT2D eigenvalue weighted by molar-refractivity contribution is 5.91. The van der Waals surface area contributed by atoms with Crippen molar-refractivity contribution in [3.8, 4) is 0 Å². The number of aryl methyl sites for hydroxylation is 2. The molecule has 0 atom stereocenters. The van der Waals surface area contributed by atoms with Crippen molar-refractivity contribution in [2.24, 2.45) is 0 Å². The number of para-hydroxylation sites is 2. The minimum absolute atomic E-state index is 0.0265. The topological polar surface area (TPSA) is 46.9 Å². The van der Waals surface area contributed by atoms with Crippen LogP contribution in [-0.2, 0) is 17.8 Å². The molecule has 0 aliphatic carbocycles. The molecule has 3 aromatic rings. The Kier molecular flexibility index (Phi) is 5.26. The number of benzene rings is 2. The summed E-state index contributed by atoms with van der Waals surface area (Å²) in [7, 11) is 0. The third-order valence-electron chi connectivity index (χ3n) is 4.07. The first-order valence-electron chi connectivity index (χ1n) is 8.57. The van der Waals surface area contributed by atoms with E-state index in [1.165, 1.54) is 5.56 Å². The largest absolute Gasteiger partial charge is 0.310 e. The predicted molar refractivity (Wildman–Crippen MR) is 98.0 cm³/mol. The number of nitrogens with zero attached hydrogens (tertiary/aromatic N) is 2. The lowest BCUT2D eigenvalue weighted by molar-refractivity contribution is -0.116. The first kappa shape index (κ1) is 16.2. The van der Waals surface area contributed by atoms with E-state index in [9.17, 15) is 4.79 Å². The average Bonchev–Trinajstić information content (AvgIpc) is 2.94. The molecule has 0 spiro atoms. The molecule has 1 aromatic heterocycles. The lowest BCUT2D eigenvalue weighted by Gasteiger charge is -2.09. The Morgan fingerprint density at radius 2 is 1.83 bits per heavy atom. The molecular formula is C20H23N3O. The zero-order valence-corrected chi connectivity index (χ0v) is 14.0. The van der Waals surface area contributed by atoms with Crippen molar-refractivity contribution in [3.63, 3.8) is 0 Å². The Hall–Kier alpha value is -2.62. The van der Waals surface area contributed by atoms with Gasteiger partial charge in [0.1, 0.15) is 0 Å². The van der Waals surface area contributed by atoms with Crippen molar-refractivity contribution in [3.05, 3.63) is 60.2 Å². The van der Waals surface area contributed by atoms with Crippen LogP contribution in [0, 0.1) is 0 Å². The summed E-state index contributed by atoms with van der Waals surface area (Å²) in [5.74, 6) is 0.682. The molecule has 0 aliphatic rings. The van der Waals surface area contributed by atoms with E-state index in [4.69, 9.17) is 0 Å². The molecule has 3 rings (SSSR count). The van der Waals surface area contributed by atoms with Crippen LogP contribution in [0.25, 0.3) is 11.0 Å². The van der Waals surface area contributed by atoms with E-state index in [1.54, 1.807) is 0 Å². The summed E-state index contributed by atoms with van der Waals surface area (Å²) in [5.41, 5.74) is 3.26. The van der Waals surface area contributed by atoms with Crippen LogP contribution >= 0.6 is 0 Å². The van der Waals surface area contributed by atoms with Crippen molar-refractivity contribution in [1.82, 2.24) is 9.55 Å². The predicted octanol–water partition coefficient (Wildman–Crippen LogP) is 4.41. The van der Waals surface area contributed by atoms with Crippen LogP contribution < -0.4 is 5.32 Å². The number of carbonyl (C=O) groups excluding carboxylic acids is 1. The Morgan fingerprint density at radius 3 is 2.62 bits per heavy atom. The maximum absolute atomic E-state index is 12.3. The number of fused-ring (bicyclic) bond motifs is 1. The first-order chi connectivity index (χ1) is 11.8. The summed E-state index contributed by atoms with van der Waals surface area (Å²) in [6.07, 6.45) is 3.25. The highest BCUT2D eigenvalue weighted by atomic mass is 16.1. The number of nitrogens with one attached hydrogen (secondary N) is 1. The molecule has 0 fully saturated rings. The fourth-order valence-electron chi connectivity index (χ4n) is 2.91. The number of hydrogen-bond acceptors (Lipinski definition) is 2. The van der Waals surface area contributed by atoms with Crippen LogP contribution in [0.3, 0.4) is 0 Å². The molecule has 1 heterocycles. The minimum atomic E-state index is 0.0265. The summed E-state index contributed by atoms with van der Waals surface area (Å²) in [6, 6.07) is 18.3. The van der Waals surface area contributed by atoms with E-state index in [0.717, 1.165) is 36.8 Å². The van der Waals surface area contributed by atoms with Gasteiger partial charge in [0.05, 0.1) is 11.0 Å². The molecule has 2 aromatic carbocycles. The van der Waals surface area contributed by atoms with Gasteiger partial charge in [0.15, 0.2) is 0 Å².